The number of hydrogen-bond donors (Lipinski definition) is 1. The molecule has 4 rings (SSSR count). The third kappa shape index (κ3) is 6.12. The quantitative estimate of drug-likeness (QED) is 0.749. The fraction of sp³-hybridized carbons (Fsp3) is 0.800. The Labute approximate surface area is 194 Å². The highest BCUT2D eigenvalue weighted by Gasteiger charge is 2.30. The Morgan fingerprint density at radius 2 is 1.69 bits per heavy atom. The Morgan fingerprint density at radius 1 is 0.969 bits per heavy atom. The number of nitrogens with zero attached hydrogens (tertiary/aromatic N) is 5. The van der Waals surface area contributed by atoms with E-state index in [0.717, 1.165) is 63.9 Å². The summed E-state index contributed by atoms with van der Waals surface area (Å²) >= 11 is 0. The summed E-state index contributed by atoms with van der Waals surface area (Å²) in [5.41, 5.74) is 0. The minimum atomic E-state index is 0.100. The van der Waals surface area contributed by atoms with Gasteiger partial charge in [-0.1, -0.05) is 33.1 Å². The van der Waals surface area contributed by atoms with Crippen LogP contribution in [0.2, 0.25) is 0 Å². The third-order valence-electron chi connectivity index (χ3n) is 7.39. The molecular formula is C25H42N6O. The van der Waals surface area contributed by atoms with E-state index in [9.17, 15) is 4.79 Å². The molecule has 3 aliphatic rings. The minimum absolute atomic E-state index is 0.100. The number of nitrogens with one attached hydrogen (secondary N) is 1. The molecule has 3 aliphatic heterocycles. The van der Waals surface area contributed by atoms with Crippen molar-refractivity contribution in [2.45, 2.75) is 83.7 Å². The van der Waals surface area contributed by atoms with Gasteiger partial charge in [0, 0.05) is 56.9 Å². The normalized spacial score (nSPS) is 24.3. The van der Waals surface area contributed by atoms with Crippen LogP contribution in [-0.4, -0.2) is 77.0 Å². The van der Waals surface area contributed by atoms with E-state index in [2.05, 4.69) is 31.1 Å². The van der Waals surface area contributed by atoms with Crippen LogP contribution in [0, 0.1) is 5.92 Å². The molecule has 1 aromatic rings. The van der Waals surface area contributed by atoms with Gasteiger partial charge in [0.05, 0.1) is 0 Å². The van der Waals surface area contributed by atoms with Crippen LogP contribution in [0.4, 0.5) is 11.8 Å². The number of hydrogen-bond acceptors (Lipinski definition) is 6. The first kappa shape index (κ1) is 23.3. The predicted octanol–water partition coefficient (Wildman–Crippen LogP) is 3.77. The number of likely N-dealkylation sites (tertiary alicyclic amines) is 2. The van der Waals surface area contributed by atoms with Gasteiger partial charge in [-0.25, -0.2) is 4.98 Å². The van der Waals surface area contributed by atoms with Gasteiger partial charge in [0.15, 0.2) is 0 Å². The molecule has 1 unspecified atom stereocenters. The van der Waals surface area contributed by atoms with Gasteiger partial charge in [0.25, 0.3) is 0 Å². The van der Waals surface area contributed by atoms with Crippen LogP contribution >= 0.6 is 0 Å². The number of aromatic nitrogens is 2. The average molecular weight is 443 g/mol. The molecule has 32 heavy (non-hydrogen) atoms. The number of carbonyl (C=O) groups is 1. The summed E-state index contributed by atoms with van der Waals surface area (Å²) in [5.74, 6) is 2.25. The molecule has 1 N–H and O–H groups in total. The molecule has 3 fully saturated rings. The van der Waals surface area contributed by atoms with Crippen molar-refractivity contribution in [3.8, 4) is 0 Å². The van der Waals surface area contributed by atoms with Crippen molar-refractivity contribution in [3.05, 3.63) is 12.3 Å². The Balaban J connectivity index is 1.34. The molecule has 1 amide bonds. The lowest BCUT2D eigenvalue weighted by molar-refractivity contribution is -0.136. The molecule has 7 nitrogen and oxygen atoms in total. The first-order valence-electron chi connectivity index (χ1n) is 13.0. The van der Waals surface area contributed by atoms with E-state index in [0.29, 0.717) is 18.0 Å². The van der Waals surface area contributed by atoms with Crippen LogP contribution in [-0.2, 0) is 4.79 Å². The molecule has 4 heterocycles. The zero-order valence-electron chi connectivity index (χ0n) is 20.1. The maximum absolute atomic E-state index is 12.3. The standard InChI is InChI=1S/C25H42N6O/c1-20(2)24(32)30-17-11-22(12-18-30)31-16-8-5-9-21(19-31)27-25-26-13-10-23(28-25)29-14-6-3-4-7-15-29/h10,13,20-22H,3-9,11-12,14-19H2,1-2H3,(H,26,27,28). The minimum Gasteiger partial charge on any atom is -0.356 e. The van der Waals surface area contributed by atoms with Crippen molar-refractivity contribution in [3.63, 3.8) is 0 Å². The molecule has 0 bridgehead atoms. The molecular weight excluding hydrogens is 400 g/mol. The fourth-order valence-electron chi connectivity index (χ4n) is 5.51. The second-order valence-corrected chi connectivity index (χ2v) is 10.2. The van der Waals surface area contributed by atoms with Gasteiger partial charge < -0.3 is 15.1 Å². The molecule has 1 aromatic heterocycles. The lowest BCUT2D eigenvalue weighted by Crippen LogP contribution is -2.49. The van der Waals surface area contributed by atoms with Crippen molar-refractivity contribution in [2.24, 2.45) is 5.92 Å². The van der Waals surface area contributed by atoms with Crippen molar-refractivity contribution in [1.82, 2.24) is 19.8 Å². The number of rotatable bonds is 5. The van der Waals surface area contributed by atoms with Crippen molar-refractivity contribution in [1.29, 1.82) is 0 Å². The fourth-order valence-corrected chi connectivity index (χ4v) is 5.51. The first-order chi connectivity index (χ1) is 15.6. The lowest BCUT2D eigenvalue weighted by Gasteiger charge is -2.39. The van der Waals surface area contributed by atoms with Crippen molar-refractivity contribution >= 4 is 17.7 Å². The predicted molar refractivity (Wildman–Crippen MR) is 130 cm³/mol. The van der Waals surface area contributed by atoms with E-state index >= 15 is 0 Å². The highest BCUT2D eigenvalue weighted by Crippen LogP contribution is 2.24. The Hall–Kier alpha value is -1.89. The largest absolute Gasteiger partial charge is 0.356 e. The van der Waals surface area contributed by atoms with Crippen LogP contribution in [0.15, 0.2) is 12.3 Å². The summed E-state index contributed by atoms with van der Waals surface area (Å²) in [6.45, 7) is 10.2. The van der Waals surface area contributed by atoms with Crippen LogP contribution in [0.25, 0.3) is 0 Å². The highest BCUT2D eigenvalue weighted by molar-refractivity contribution is 5.78. The van der Waals surface area contributed by atoms with E-state index in [1.165, 1.54) is 44.9 Å². The Kier molecular flexibility index (Phi) is 8.22. The number of amides is 1. The summed E-state index contributed by atoms with van der Waals surface area (Å²) in [5, 5.41) is 3.67. The second kappa shape index (κ2) is 11.3. The monoisotopic (exact) mass is 442 g/mol. The summed E-state index contributed by atoms with van der Waals surface area (Å²) in [4.78, 5) is 28.9. The van der Waals surface area contributed by atoms with E-state index in [1.54, 1.807) is 0 Å². The van der Waals surface area contributed by atoms with E-state index in [-0.39, 0.29) is 5.92 Å². The van der Waals surface area contributed by atoms with Gasteiger partial charge in [0.1, 0.15) is 5.82 Å². The van der Waals surface area contributed by atoms with Crippen LogP contribution in [0.3, 0.4) is 0 Å². The van der Waals surface area contributed by atoms with Crippen molar-refractivity contribution < 1.29 is 4.79 Å². The Morgan fingerprint density at radius 3 is 2.41 bits per heavy atom. The summed E-state index contributed by atoms with van der Waals surface area (Å²) in [7, 11) is 0. The molecule has 0 radical (unpaired) electrons. The topological polar surface area (TPSA) is 64.6 Å². The smallest absolute Gasteiger partial charge is 0.225 e. The molecule has 7 heteroatoms. The van der Waals surface area contributed by atoms with Gasteiger partial charge in [0.2, 0.25) is 11.9 Å². The van der Waals surface area contributed by atoms with E-state index in [1.807, 2.05) is 20.0 Å². The molecule has 0 aromatic carbocycles. The summed E-state index contributed by atoms with van der Waals surface area (Å²) in [6, 6.07) is 3.02. The SMILES string of the molecule is CC(C)C(=O)N1CCC(N2CCCCC(Nc3nccc(N4CCCCCC4)n3)C2)CC1. The molecule has 178 valence electrons. The van der Waals surface area contributed by atoms with Crippen LogP contribution < -0.4 is 10.2 Å². The number of anilines is 2. The number of carbonyl (C=O) groups excluding carboxylic acids is 1. The zero-order valence-corrected chi connectivity index (χ0v) is 20.1. The lowest BCUT2D eigenvalue weighted by atomic mass is 10.0. The third-order valence-corrected chi connectivity index (χ3v) is 7.39. The molecule has 1 atom stereocenters. The highest BCUT2D eigenvalue weighted by atomic mass is 16.2. The number of piperidine rings is 1. The summed E-state index contributed by atoms with van der Waals surface area (Å²) < 4.78 is 0. The van der Waals surface area contributed by atoms with Gasteiger partial charge in [-0.15, -0.1) is 0 Å². The zero-order chi connectivity index (χ0) is 22.3. The van der Waals surface area contributed by atoms with E-state index in [4.69, 9.17) is 4.98 Å². The van der Waals surface area contributed by atoms with Crippen LogP contribution in [0.1, 0.15) is 71.6 Å². The van der Waals surface area contributed by atoms with Gasteiger partial charge in [-0.2, -0.15) is 4.98 Å². The summed E-state index contributed by atoms with van der Waals surface area (Å²) in [6.07, 6.45) is 12.9. The molecule has 0 saturated carbocycles. The Bertz CT molecular complexity index is 725. The van der Waals surface area contributed by atoms with Gasteiger partial charge in [-0.05, 0) is 51.1 Å². The van der Waals surface area contributed by atoms with Crippen LogP contribution in [0.5, 0.6) is 0 Å². The maximum atomic E-state index is 12.3. The molecule has 3 saturated heterocycles. The molecule has 0 aliphatic carbocycles. The average Bonchev–Trinajstić information content (AvgIpc) is 3.22. The molecule has 0 spiro atoms. The van der Waals surface area contributed by atoms with Gasteiger partial charge in [-0.3, -0.25) is 9.69 Å². The van der Waals surface area contributed by atoms with Crippen molar-refractivity contribution in [2.75, 3.05) is 49.5 Å². The van der Waals surface area contributed by atoms with Gasteiger partial charge >= 0.3 is 0 Å². The maximum Gasteiger partial charge on any atom is 0.225 e. The second-order valence-electron chi connectivity index (χ2n) is 10.2. The van der Waals surface area contributed by atoms with E-state index < -0.39 is 0 Å². The first-order valence-corrected chi connectivity index (χ1v) is 13.0.